The van der Waals surface area contributed by atoms with Crippen LogP contribution in [0, 0.1) is 0 Å². The van der Waals surface area contributed by atoms with Crippen molar-refractivity contribution in [3.05, 3.63) is 0 Å². The summed E-state index contributed by atoms with van der Waals surface area (Å²) in [5.74, 6) is 0. The molecule has 1 N–H and O–H groups in total. The Kier molecular flexibility index (Phi) is 8.83. The van der Waals surface area contributed by atoms with Crippen LogP contribution in [0.15, 0.2) is 0 Å². The van der Waals surface area contributed by atoms with Gasteiger partial charge in [-0.3, -0.25) is 0 Å². The fourth-order valence-corrected chi connectivity index (χ4v) is 2.33. The fraction of sp³-hybridized carbons (Fsp3) is 1.00. The van der Waals surface area contributed by atoms with Crippen molar-refractivity contribution in [3.63, 3.8) is 0 Å². The van der Waals surface area contributed by atoms with Crippen molar-refractivity contribution in [1.82, 2.24) is 5.32 Å². The van der Waals surface area contributed by atoms with E-state index in [1.54, 1.807) is 0 Å². The van der Waals surface area contributed by atoms with E-state index < -0.39 is 0 Å². The minimum Gasteiger partial charge on any atom is -0.377 e. The second kappa shape index (κ2) is 10.1. The van der Waals surface area contributed by atoms with E-state index in [1.165, 1.54) is 57.8 Å². The van der Waals surface area contributed by atoms with E-state index in [0.29, 0.717) is 6.10 Å². The molecular weight excluding hydrogens is 198 g/mol. The van der Waals surface area contributed by atoms with E-state index in [0.717, 1.165) is 19.7 Å². The molecule has 0 aromatic rings. The lowest BCUT2D eigenvalue weighted by atomic mass is 9.98. The molecule has 0 amide bonds. The zero-order valence-corrected chi connectivity index (χ0v) is 11.0. The molecule has 2 heteroatoms. The highest BCUT2D eigenvalue weighted by atomic mass is 16.5. The van der Waals surface area contributed by atoms with Gasteiger partial charge in [0.05, 0.1) is 12.7 Å². The molecule has 0 aromatic heterocycles. The van der Waals surface area contributed by atoms with E-state index in [-0.39, 0.29) is 0 Å². The molecule has 16 heavy (non-hydrogen) atoms. The molecular formula is C14H29NO. The molecule has 0 atom stereocenters. The van der Waals surface area contributed by atoms with Crippen molar-refractivity contribution >= 4 is 0 Å². The van der Waals surface area contributed by atoms with Gasteiger partial charge in [0.1, 0.15) is 0 Å². The Balaban J connectivity index is 1.77. The second-order valence-corrected chi connectivity index (χ2v) is 4.94. The van der Waals surface area contributed by atoms with Crippen LogP contribution in [0.25, 0.3) is 0 Å². The van der Waals surface area contributed by atoms with E-state index >= 15 is 0 Å². The lowest BCUT2D eigenvalue weighted by Crippen LogP contribution is -2.25. The van der Waals surface area contributed by atoms with Gasteiger partial charge in [-0.25, -0.2) is 0 Å². The first kappa shape index (κ1) is 14.0. The lowest BCUT2D eigenvalue weighted by Gasteiger charge is -2.22. The van der Waals surface area contributed by atoms with Crippen LogP contribution in [0.1, 0.15) is 64.7 Å². The Morgan fingerprint density at radius 1 is 1.00 bits per heavy atom. The summed E-state index contributed by atoms with van der Waals surface area (Å²) in [4.78, 5) is 0. The lowest BCUT2D eigenvalue weighted by molar-refractivity contribution is 0.0303. The first-order valence-corrected chi connectivity index (χ1v) is 7.26. The van der Waals surface area contributed by atoms with Crippen molar-refractivity contribution in [1.29, 1.82) is 0 Å². The van der Waals surface area contributed by atoms with E-state index in [2.05, 4.69) is 12.2 Å². The highest BCUT2D eigenvalue weighted by Crippen LogP contribution is 2.19. The SMILES string of the molecule is CCCCCCNCCOC1CCCCC1. The minimum atomic E-state index is 0.565. The molecule has 1 fully saturated rings. The Labute approximate surface area is 101 Å². The van der Waals surface area contributed by atoms with Gasteiger partial charge in [-0.05, 0) is 25.8 Å². The molecule has 0 aliphatic heterocycles. The number of hydrogen-bond acceptors (Lipinski definition) is 2. The van der Waals surface area contributed by atoms with E-state index in [4.69, 9.17) is 4.74 Å². The summed E-state index contributed by atoms with van der Waals surface area (Å²) in [6, 6.07) is 0. The summed E-state index contributed by atoms with van der Waals surface area (Å²) >= 11 is 0. The van der Waals surface area contributed by atoms with Crippen LogP contribution < -0.4 is 5.32 Å². The molecule has 0 spiro atoms. The topological polar surface area (TPSA) is 21.3 Å². The van der Waals surface area contributed by atoms with Crippen LogP contribution in [0.4, 0.5) is 0 Å². The van der Waals surface area contributed by atoms with Crippen molar-refractivity contribution in [2.24, 2.45) is 0 Å². The fourth-order valence-electron chi connectivity index (χ4n) is 2.33. The molecule has 0 saturated heterocycles. The Hall–Kier alpha value is -0.0800. The van der Waals surface area contributed by atoms with Gasteiger partial charge in [-0.1, -0.05) is 45.4 Å². The summed E-state index contributed by atoms with van der Waals surface area (Å²) < 4.78 is 5.85. The third kappa shape index (κ3) is 7.24. The second-order valence-electron chi connectivity index (χ2n) is 4.94. The summed E-state index contributed by atoms with van der Waals surface area (Å²) in [5, 5.41) is 3.46. The predicted octanol–water partition coefficient (Wildman–Crippen LogP) is 3.51. The predicted molar refractivity (Wildman–Crippen MR) is 69.8 cm³/mol. The normalized spacial score (nSPS) is 17.8. The van der Waals surface area contributed by atoms with Crippen LogP contribution in [-0.4, -0.2) is 25.8 Å². The van der Waals surface area contributed by atoms with Crippen molar-refractivity contribution in [3.8, 4) is 0 Å². The maximum atomic E-state index is 5.85. The smallest absolute Gasteiger partial charge is 0.0594 e. The molecule has 2 nitrogen and oxygen atoms in total. The van der Waals surface area contributed by atoms with Gasteiger partial charge in [-0.2, -0.15) is 0 Å². The van der Waals surface area contributed by atoms with Crippen LogP contribution >= 0.6 is 0 Å². The van der Waals surface area contributed by atoms with Crippen LogP contribution in [0.5, 0.6) is 0 Å². The van der Waals surface area contributed by atoms with Gasteiger partial charge in [0.25, 0.3) is 0 Å². The van der Waals surface area contributed by atoms with Gasteiger partial charge < -0.3 is 10.1 Å². The van der Waals surface area contributed by atoms with Gasteiger partial charge in [-0.15, -0.1) is 0 Å². The highest BCUT2D eigenvalue weighted by molar-refractivity contribution is 4.65. The Morgan fingerprint density at radius 2 is 1.81 bits per heavy atom. The molecule has 1 aliphatic rings. The molecule has 96 valence electrons. The molecule has 1 saturated carbocycles. The first-order valence-electron chi connectivity index (χ1n) is 7.26. The van der Waals surface area contributed by atoms with Crippen molar-refractivity contribution < 1.29 is 4.74 Å². The van der Waals surface area contributed by atoms with Crippen LogP contribution in [0.2, 0.25) is 0 Å². The molecule has 0 bridgehead atoms. The first-order chi connectivity index (χ1) is 7.93. The summed E-state index contributed by atoms with van der Waals surface area (Å²) in [6.45, 7) is 5.35. The number of hydrogen-bond donors (Lipinski definition) is 1. The molecule has 0 radical (unpaired) electrons. The number of rotatable bonds is 9. The van der Waals surface area contributed by atoms with Crippen LogP contribution in [-0.2, 0) is 4.74 Å². The highest BCUT2D eigenvalue weighted by Gasteiger charge is 2.12. The van der Waals surface area contributed by atoms with E-state index in [9.17, 15) is 0 Å². The van der Waals surface area contributed by atoms with Crippen molar-refractivity contribution in [2.45, 2.75) is 70.8 Å². The summed E-state index contributed by atoms with van der Waals surface area (Å²) in [5.41, 5.74) is 0. The van der Waals surface area contributed by atoms with Gasteiger partial charge in [0.15, 0.2) is 0 Å². The Bertz CT molecular complexity index is 144. The molecule has 0 heterocycles. The minimum absolute atomic E-state index is 0.565. The van der Waals surface area contributed by atoms with Crippen LogP contribution in [0.3, 0.4) is 0 Å². The number of ether oxygens (including phenoxy) is 1. The monoisotopic (exact) mass is 227 g/mol. The molecule has 0 unspecified atom stereocenters. The van der Waals surface area contributed by atoms with Gasteiger partial charge in [0, 0.05) is 6.54 Å². The average molecular weight is 227 g/mol. The summed E-state index contributed by atoms with van der Waals surface area (Å²) in [7, 11) is 0. The summed E-state index contributed by atoms with van der Waals surface area (Å²) in [6.07, 6.45) is 12.7. The third-order valence-electron chi connectivity index (χ3n) is 3.39. The van der Waals surface area contributed by atoms with Gasteiger partial charge in [0.2, 0.25) is 0 Å². The molecule has 1 aliphatic carbocycles. The number of unbranched alkanes of at least 4 members (excludes halogenated alkanes) is 3. The zero-order chi connectivity index (χ0) is 11.5. The standard InChI is InChI=1S/C14H29NO/c1-2-3-4-8-11-15-12-13-16-14-9-6-5-7-10-14/h14-15H,2-13H2,1H3. The molecule has 0 aromatic carbocycles. The average Bonchev–Trinajstić information content (AvgIpc) is 2.34. The van der Waals surface area contributed by atoms with Gasteiger partial charge >= 0.3 is 0 Å². The molecule has 1 rings (SSSR count). The Morgan fingerprint density at radius 3 is 2.56 bits per heavy atom. The maximum Gasteiger partial charge on any atom is 0.0594 e. The zero-order valence-electron chi connectivity index (χ0n) is 11.0. The number of nitrogens with one attached hydrogen (secondary N) is 1. The third-order valence-corrected chi connectivity index (χ3v) is 3.39. The quantitative estimate of drug-likeness (QED) is 0.609. The maximum absolute atomic E-state index is 5.85. The largest absolute Gasteiger partial charge is 0.377 e. The van der Waals surface area contributed by atoms with E-state index in [1.807, 2.05) is 0 Å². The van der Waals surface area contributed by atoms with Crippen molar-refractivity contribution in [2.75, 3.05) is 19.7 Å².